The van der Waals surface area contributed by atoms with Gasteiger partial charge in [0.25, 0.3) is 0 Å². The van der Waals surface area contributed by atoms with Crippen molar-refractivity contribution in [3.05, 3.63) is 28.2 Å². The molecule has 1 amide bonds. The van der Waals surface area contributed by atoms with Crippen LogP contribution in [-0.4, -0.2) is 64.3 Å². The van der Waals surface area contributed by atoms with Crippen molar-refractivity contribution in [3.8, 4) is 11.4 Å². The summed E-state index contributed by atoms with van der Waals surface area (Å²) in [6.07, 6.45) is 6.03. The summed E-state index contributed by atoms with van der Waals surface area (Å²) >= 11 is 13.9. The van der Waals surface area contributed by atoms with Gasteiger partial charge >= 0.3 is 0 Å². The van der Waals surface area contributed by atoms with Crippen molar-refractivity contribution in [1.29, 1.82) is 0 Å². The van der Waals surface area contributed by atoms with E-state index < -0.39 is 9.84 Å². The Labute approximate surface area is 202 Å². The Bertz CT molecular complexity index is 1100. The standard InChI is InChI=1S/C21H26Cl2N4O3S2/c1-26(16-9-10-32(29,30)13-16)19(28)12-31-21-25-24-20(17-8-7-14(22)11-18(17)23)27(21)15-5-3-2-4-6-15/h7-8,11,15-16H,2-6,9-10,12-13H2,1H3/t16-/m1/s1. The van der Waals surface area contributed by atoms with Gasteiger partial charge in [0, 0.05) is 29.7 Å². The van der Waals surface area contributed by atoms with E-state index in [1.807, 2.05) is 6.07 Å². The van der Waals surface area contributed by atoms with Gasteiger partial charge < -0.3 is 4.90 Å². The van der Waals surface area contributed by atoms with Gasteiger partial charge in [0.1, 0.15) is 0 Å². The average Bonchev–Trinajstić information content (AvgIpc) is 3.35. The Hall–Kier alpha value is -1.29. The molecule has 1 atom stereocenters. The van der Waals surface area contributed by atoms with Gasteiger partial charge in [0.2, 0.25) is 5.91 Å². The molecule has 2 fully saturated rings. The minimum atomic E-state index is -3.05. The molecule has 0 spiro atoms. The zero-order valence-electron chi connectivity index (χ0n) is 17.8. The van der Waals surface area contributed by atoms with Crippen molar-refractivity contribution in [2.75, 3.05) is 24.3 Å². The number of rotatable bonds is 6. The lowest BCUT2D eigenvalue weighted by atomic mass is 9.95. The minimum absolute atomic E-state index is 0.0391. The van der Waals surface area contributed by atoms with E-state index in [0.29, 0.717) is 27.4 Å². The normalized spacial score (nSPS) is 21.0. The monoisotopic (exact) mass is 516 g/mol. The molecule has 0 N–H and O–H groups in total. The maximum atomic E-state index is 12.8. The molecule has 174 valence electrons. The molecule has 0 unspecified atom stereocenters. The molecule has 2 heterocycles. The number of thioether (sulfide) groups is 1. The van der Waals surface area contributed by atoms with Crippen LogP contribution in [0.25, 0.3) is 11.4 Å². The number of carbonyl (C=O) groups excluding carboxylic acids is 1. The SMILES string of the molecule is CN(C(=O)CSc1nnc(-c2ccc(Cl)cc2Cl)n1C1CCCCC1)[C@@H]1CCS(=O)(=O)C1. The van der Waals surface area contributed by atoms with Crippen LogP contribution in [0.4, 0.5) is 0 Å². The van der Waals surface area contributed by atoms with E-state index in [2.05, 4.69) is 14.8 Å². The number of carbonyl (C=O) groups is 1. The second-order valence-electron chi connectivity index (χ2n) is 8.44. The second-order valence-corrected chi connectivity index (χ2v) is 12.5. The predicted molar refractivity (Wildman–Crippen MR) is 128 cm³/mol. The van der Waals surface area contributed by atoms with Crippen molar-refractivity contribution in [2.24, 2.45) is 0 Å². The third-order valence-electron chi connectivity index (χ3n) is 6.25. The van der Waals surface area contributed by atoms with Gasteiger partial charge in [-0.05, 0) is 37.5 Å². The third kappa shape index (κ3) is 5.26. The van der Waals surface area contributed by atoms with Crippen molar-refractivity contribution >= 4 is 50.7 Å². The molecular formula is C21H26Cl2N4O3S2. The smallest absolute Gasteiger partial charge is 0.233 e. The highest BCUT2D eigenvalue weighted by Gasteiger charge is 2.33. The molecule has 7 nitrogen and oxygen atoms in total. The Balaban J connectivity index is 1.55. The van der Waals surface area contributed by atoms with E-state index in [1.54, 1.807) is 24.1 Å². The van der Waals surface area contributed by atoms with Gasteiger partial charge in [-0.3, -0.25) is 9.36 Å². The molecule has 1 aliphatic carbocycles. The van der Waals surface area contributed by atoms with E-state index >= 15 is 0 Å². The summed E-state index contributed by atoms with van der Waals surface area (Å²) in [5.74, 6) is 0.929. The molecule has 1 aliphatic heterocycles. The van der Waals surface area contributed by atoms with Gasteiger partial charge in [-0.15, -0.1) is 10.2 Å². The fourth-order valence-corrected chi connectivity index (χ4v) is 7.61. The van der Waals surface area contributed by atoms with Crippen LogP contribution in [0.1, 0.15) is 44.6 Å². The summed E-state index contributed by atoms with van der Waals surface area (Å²) in [6, 6.07) is 5.31. The van der Waals surface area contributed by atoms with Crippen LogP contribution < -0.4 is 0 Å². The lowest BCUT2D eigenvalue weighted by molar-refractivity contribution is -0.128. The largest absolute Gasteiger partial charge is 0.341 e. The molecular weight excluding hydrogens is 491 g/mol. The highest BCUT2D eigenvalue weighted by molar-refractivity contribution is 7.99. The summed E-state index contributed by atoms with van der Waals surface area (Å²) in [5, 5.41) is 10.6. The Morgan fingerprint density at radius 1 is 1.19 bits per heavy atom. The van der Waals surface area contributed by atoms with Crippen LogP contribution in [0, 0.1) is 0 Å². The van der Waals surface area contributed by atoms with Crippen LogP contribution in [0.3, 0.4) is 0 Å². The van der Waals surface area contributed by atoms with Crippen molar-refractivity contribution < 1.29 is 13.2 Å². The Morgan fingerprint density at radius 3 is 2.59 bits per heavy atom. The fraction of sp³-hybridized carbons (Fsp3) is 0.571. The molecule has 11 heteroatoms. The Morgan fingerprint density at radius 2 is 1.94 bits per heavy atom. The fourth-order valence-electron chi connectivity index (χ4n) is 4.41. The summed E-state index contributed by atoms with van der Waals surface area (Å²) in [6.45, 7) is 0. The van der Waals surface area contributed by atoms with Crippen LogP contribution in [0.2, 0.25) is 10.0 Å². The first-order valence-corrected chi connectivity index (χ1v) is 14.3. The van der Waals surface area contributed by atoms with E-state index in [0.717, 1.165) is 31.2 Å². The molecule has 1 saturated carbocycles. The zero-order valence-corrected chi connectivity index (χ0v) is 21.0. The van der Waals surface area contributed by atoms with E-state index in [9.17, 15) is 13.2 Å². The summed E-state index contributed by atoms with van der Waals surface area (Å²) in [5.41, 5.74) is 0.764. The first-order valence-electron chi connectivity index (χ1n) is 10.7. The molecule has 1 saturated heterocycles. The molecule has 4 rings (SSSR count). The maximum Gasteiger partial charge on any atom is 0.233 e. The topological polar surface area (TPSA) is 85.2 Å². The number of hydrogen-bond donors (Lipinski definition) is 0. The zero-order chi connectivity index (χ0) is 22.9. The van der Waals surface area contributed by atoms with Crippen molar-refractivity contribution in [2.45, 2.75) is 55.8 Å². The lowest BCUT2D eigenvalue weighted by Gasteiger charge is -2.26. The molecule has 1 aromatic heterocycles. The molecule has 2 aliphatic rings. The predicted octanol–water partition coefficient (Wildman–Crippen LogP) is 4.49. The minimum Gasteiger partial charge on any atom is -0.341 e. The Kier molecular flexibility index (Phi) is 7.39. The number of benzene rings is 1. The molecule has 0 bridgehead atoms. The second kappa shape index (κ2) is 9.91. The van der Waals surface area contributed by atoms with Crippen LogP contribution in [0.5, 0.6) is 0 Å². The first-order chi connectivity index (χ1) is 15.2. The number of sulfone groups is 1. The molecule has 2 aromatic rings. The van der Waals surface area contributed by atoms with Gasteiger partial charge in [-0.2, -0.15) is 0 Å². The van der Waals surface area contributed by atoms with Crippen molar-refractivity contribution in [1.82, 2.24) is 19.7 Å². The molecule has 32 heavy (non-hydrogen) atoms. The maximum absolute atomic E-state index is 12.8. The van der Waals surface area contributed by atoms with Crippen LogP contribution in [0.15, 0.2) is 23.4 Å². The van der Waals surface area contributed by atoms with Gasteiger partial charge in [-0.25, -0.2) is 8.42 Å². The van der Waals surface area contributed by atoms with E-state index in [-0.39, 0.29) is 35.2 Å². The van der Waals surface area contributed by atoms with Crippen LogP contribution >= 0.6 is 35.0 Å². The van der Waals surface area contributed by atoms with Crippen LogP contribution in [-0.2, 0) is 14.6 Å². The summed E-state index contributed by atoms with van der Waals surface area (Å²) in [4.78, 5) is 14.4. The number of aromatic nitrogens is 3. The highest BCUT2D eigenvalue weighted by Crippen LogP contribution is 2.38. The number of nitrogens with zero attached hydrogens (tertiary/aromatic N) is 4. The number of hydrogen-bond acceptors (Lipinski definition) is 6. The van der Waals surface area contributed by atoms with Gasteiger partial charge in [0.15, 0.2) is 20.8 Å². The number of amides is 1. The average molecular weight is 518 g/mol. The van der Waals surface area contributed by atoms with Gasteiger partial charge in [0.05, 0.1) is 22.3 Å². The van der Waals surface area contributed by atoms with Gasteiger partial charge in [-0.1, -0.05) is 54.2 Å². The highest BCUT2D eigenvalue weighted by atomic mass is 35.5. The summed E-state index contributed by atoms with van der Waals surface area (Å²) < 4.78 is 25.7. The van der Waals surface area contributed by atoms with E-state index in [4.69, 9.17) is 23.2 Å². The van der Waals surface area contributed by atoms with E-state index in [1.165, 1.54) is 18.2 Å². The van der Waals surface area contributed by atoms with Crippen molar-refractivity contribution in [3.63, 3.8) is 0 Å². The lowest BCUT2D eigenvalue weighted by Crippen LogP contribution is -2.38. The first kappa shape index (κ1) is 23.9. The quantitative estimate of drug-likeness (QED) is 0.525. The molecule has 0 radical (unpaired) electrons. The third-order valence-corrected chi connectivity index (χ3v) is 9.48. The molecule has 1 aromatic carbocycles. The summed E-state index contributed by atoms with van der Waals surface area (Å²) in [7, 11) is -1.37. The number of halogens is 2.